The number of aromatic nitrogens is 1. The first-order chi connectivity index (χ1) is 17.0. The van der Waals surface area contributed by atoms with E-state index >= 15 is 0 Å². The van der Waals surface area contributed by atoms with Crippen LogP contribution in [0.4, 0.5) is 11.4 Å². The first-order valence-electron chi connectivity index (χ1n) is 12.3. The fraction of sp³-hybridized carbons (Fsp3) is 0.444. The van der Waals surface area contributed by atoms with Crippen molar-refractivity contribution in [3.8, 4) is 0 Å². The zero-order valence-electron chi connectivity index (χ0n) is 22.3. The van der Waals surface area contributed by atoms with Crippen molar-refractivity contribution in [1.82, 2.24) is 9.88 Å². The highest BCUT2D eigenvalue weighted by Gasteiger charge is 2.40. The second-order valence-corrected chi connectivity index (χ2v) is 16.8. The average molecular weight is 525 g/mol. The number of thiophene rings is 1. The van der Waals surface area contributed by atoms with E-state index in [4.69, 9.17) is 9.26 Å². The van der Waals surface area contributed by atoms with Gasteiger partial charge in [0.05, 0.1) is 16.1 Å². The van der Waals surface area contributed by atoms with Crippen molar-refractivity contribution in [2.24, 2.45) is 5.16 Å². The quantitative estimate of drug-likeness (QED) is 0.208. The standard InChI is InChI=1S/C27H36N4O3SSi/c1-27(2,3)36(6,7)34-30-22-11-8-18-16-19(9-10-20(18)22)29-24-21-12-13-28-17-23(21)35-25(24)26(32)33-15-14-31(4)5/h9-10,12-13,16-17,29H,8,11,14-15H2,1-7H3. The lowest BCUT2D eigenvalue weighted by atomic mass is 10.1. The van der Waals surface area contributed by atoms with E-state index in [0.29, 0.717) is 18.0 Å². The Morgan fingerprint density at radius 1 is 1.22 bits per heavy atom. The molecule has 9 heteroatoms. The minimum Gasteiger partial charge on any atom is -0.460 e. The van der Waals surface area contributed by atoms with Gasteiger partial charge < -0.3 is 19.5 Å². The Kier molecular flexibility index (Phi) is 7.54. The number of rotatable bonds is 8. The summed E-state index contributed by atoms with van der Waals surface area (Å²) in [5.74, 6) is -0.320. The molecule has 0 unspecified atom stereocenters. The third kappa shape index (κ3) is 5.63. The number of ether oxygens (including phenoxy) is 1. The second-order valence-electron chi connectivity index (χ2n) is 11.0. The van der Waals surface area contributed by atoms with Gasteiger partial charge in [0.1, 0.15) is 11.5 Å². The molecule has 1 aliphatic carbocycles. The van der Waals surface area contributed by atoms with Crippen LogP contribution in [0.15, 0.2) is 41.8 Å². The van der Waals surface area contributed by atoms with Crippen molar-refractivity contribution in [2.75, 3.05) is 32.6 Å². The number of pyridine rings is 1. The average Bonchev–Trinajstić information content (AvgIpc) is 3.38. The number of likely N-dealkylation sites (N-methyl/N-ethyl adjacent to an activating group) is 1. The van der Waals surface area contributed by atoms with Crippen LogP contribution in [0.2, 0.25) is 18.1 Å². The maximum Gasteiger partial charge on any atom is 0.350 e. The molecule has 0 amide bonds. The summed E-state index contributed by atoms with van der Waals surface area (Å²) in [7, 11) is 1.95. The molecule has 2 heterocycles. The van der Waals surface area contributed by atoms with Gasteiger partial charge >= 0.3 is 5.97 Å². The van der Waals surface area contributed by atoms with E-state index in [9.17, 15) is 4.79 Å². The fourth-order valence-electron chi connectivity index (χ4n) is 3.70. The van der Waals surface area contributed by atoms with Crippen LogP contribution in [-0.2, 0) is 15.7 Å². The molecule has 7 nitrogen and oxygen atoms in total. The number of nitrogens with zero attached hydrogens (tertiary/aromatic N) is 3. The van der Waals surface area contributed by atoms with Crippen LogP contribution in [0.1, 0.15) is 48.0 Å². The highest BCUT2D eigenvalue weighted by atomic mass is 32.1. The molecule has 4 rings (SSSR count). The number of aryl methyl sites for hydroxylation is 1. The first kappa shape index (κ1) is 26.3. The molecule has 3 aromatic rings. The van der Waals surface area contributed by atoms with Gasteiger partial charge in [0.25, 0.3) is 8.32 Å². The molecular weight excluding hydrogens is 488 g/mol. The molecule has 192 valence electrons. The molecule has 0 atom stereocenters. The Hall–Kier alpha value is -2.75. The van der Waals surface area contributed by atoms with E-state index < -0.39 is 8.32 Å². The van der Waals surface area contributed by atoms with Crippen LogP contribution in [0.5, 0.6) is 0 Å². The van der Waals surface area contributed by atoms with E-state index in [-0.39, 0.29) is 11.0 Å². The first-order valence-corrected chi connectivity index (χ1v) is 16.0. The van der Waals surface area contributed by atoms with Crippen molar-refractivity contribution in [1.29, 1.82) is 0 Å². The van der Waals surface area contributed by atoms with Crippen LogP contribution in [0.3, 0.4) is 0 Å². The zero-order chi connectivity index (χ0) is 26.1. The molecule has 0 fully saturated rings. The molecule has 0 aliphatic heterocycles. The highest BCUT2D eigenvalue weighted by Crippen LogP contribution is 2.39. The van der Waals surface area contributed by atoms with Gasteiger partial charge in [-0.25, -0.2) is 4.79 Å². The summed E-state index contributed by atoms with van der Waals surface area (Å²) in [6, 6.07) is 8.22. The molecule has 0 spiro atoms. The summed E-state index contributed by atoms with van der Waals surface area (Å²) in [5, 5.41) is 9.18. The van der Waals surface area contributed by atoms with Crippen LogP contribution in [-0.4, -0.2) is 57.1 Å². The van der Waals surface area contributed by atoms with E-state index in [0.717, 1.165) is 45.6 Å². The monoisotopic (exact) mass is 524 g/mol. The van der Waals surface area contributed by atoms with Crippen molar-refractivity contribution < 1.29 is 14.1 Å². The molecule has 0 saturated carbocycles. The van der Waals surface area contributed by atoms with Gasteiger partial charge in [-0.15, -0.1) is 16.5 Å². The van der Waals surface area contributed by atoms with Crippen molar-refractivity contribution in [2.45, 2.75) is 51.7 Å². The molecule has 1 N–H and O–H groups in total. The number of esters is 1. The Bertz CT molecular complexity index is 1290. The van der Waals surface area contributed by atoms with Crippen LogP contribution in [0, 0.1) is 0 Å². The van der Waals surface area contributed by atoms with Gasteiger partial charge in [-0.2, -0.15) is 0 Å². The molecule has 2 aromatic heterocycles. The minimum atomic E-state index is -1.96. The SMILES string of the molecule is CN(C)CCOC(=O)c1sc2cnccc2c1Nc1ccc2c(c1)CCC2=NO[Si](C)(C)C(C)(C)C. The lowest BCUT2D eigenvalue weighted by Gasteiger charge is -2.33. The van der Waals surface area contributed by atoms with E-state index in [1.165, 1.54) is 16.9 Å². The summed E-state index contributed by atoms with van der Waals surface area (Å²) in [6.07, 6.45) is 5.31. The normalized spacial score (nSPS) is 14.9. The molecule has 0 bridgehead atoms. The number of benzene rings is 1. The summed E-state index contributed by atoms with van der Waals surface area (Å²) in [4.78, 5) is 19.7. The Labute approximate surface area is 218 Å². The van der Waals surface area contributed by atoms with Gasteiger partial charge in [0.15, 0.2) is 0 Å². The lowest BCUT2D eigenvalue weighted by molar-refractivity contribution is 0.0488. The summed E-state index contributed by atoms with van der Waals surface area (Å²) in [6.45, 7) is 12.1. The zero-order valence-corrected chi connectivity index (χ0v) is 24.1. The fourth-order valence-corrected chi connectivity index (χ4v) is 5.33. The van der Waals surface area contributed by atoms with Crippen LogP contribution in [0.25, 0.3) is 10.1 Å². The topological polar surface area (TPSA) is 76.0 Å². The van der Waals surface area contributed by atoms with Gasteiger partial charge in [-0.1, -0.05) is 26.8 Å². The Morgan fingerprint density at radius 3 is 2.72 bits per heavy atom. The van der Waals surface area contributed by atoms with Crippen molar-refractivity contribution >= 4 is 52.8 Å². The number of hydrogen-bond acceptors (Lipinski definition) is 8. The minimum absolute atomic E-state index is 0.108. The molecule has 1 aromatic carbocycles. The van der Waals surface area contributed by atoms with Gasteiger partial charge in [-0.3, -0.25) is 4.98 Å². The molecule has 36 heavy (non-hydrogen) atoms. The predicted octanol–water partition coefficient (Wildman–Crippen LogP) is 6.43. The molecule has 0 radical (unpaired) electrons. The number of anilines is 2. The van der Waals surface area contributed by atoms with E-state index in [1.807, 2.05) is 31.1 Å². The van der Waals surface area contributed by atoms with Crippen molar-refractivity contribution in [3.63, 3.8) is 0 Å². The number of fused-ring (bicyclic) bond motifs is 2. The second kappa shape index (κ2) is 10.3. The summed E-state index contributed by atoms with van der Waals surface area (Å²) < 4.78 is 12.6. The van der Waals surface area contributed by atoms with Gasteiger partial charge in [0, 0.05) is 35.6 Å². The van der Waals surface area contributed by atoms with Gasteiger partial charge in [0.2, 0.25) is 0 Å². The third-order valence-electron chi connectivity index (χ3n) is 6.96. The summed E-state index contributed by atoms with van der Waals surface area (Å²) >= 11 is 1.40. The lowest BCUT2D eigenvalue weighted by Crippen LogP contribution is -2.39. The smallest absolute Gasteiger partial charge is 0.350 e. The summed E-state index contributed by atoms with van der Waals surface area (Å²) in [5.41, 5.74) is 5.08. The van der Waals surface area contributed by atoms with Crippen molar-refractivity contribution in [3.05, 3.63) is 52.7 Å². The maximum absolute atomic E-state index is 12.9. The molecule has 1 aliphatic rings. The number of carbonyl (C=O) groups excluding carboxylic acids is 1. The van der Waals surface area contributed by atoms with Gasteiger partial charge in [-0.05, 0) is 68.8 Å². The largest absolute Gasteiger partial charge is 0.460 e. The highest BCUT2D eigenvalue weighted by molar-refractivity contribution is 7.21. The molecular formula is C27H36N4O3SSi. The third-order valence-corrected chi connectivity index (χ3v) is 12.2. The Morgan fingerprint density at radius 2 is 2.00 bits per heavy atom. The van der Waals surface area contributed by atoms with Crippen LogP contribution < -0.4 is 5.32 Å². The van der Waals surface area contributed by atoms with E-state index in [1.54, 1.807) is 12.4 Å². The van der Waals surface area contributed by atoms with E-state index in [2.05, 4.69) is 61.5 Å². The van der Waals surface area contributed by atoms with Crippen LogP contribution >= 0.6 is 11.3 Å². The number of hydrogen-bond donors (Lipinski definition) is 1. The molecule has 0 saturated heterocycles. The maximum atomic E-state index is 12.9. The number of carbonyl (C=O) groups is 1. The number of oxime groups is 1. The number of nitrogens with one attached hydrogen (secondary N) is 1. The predicted molar refractivity (Wildman–Crippen MR) is 151 cm³/mol. The Balaban J connectivity index is 1.58.